The molecule has 0 saturated heterocycles. The number of hydrogen-bond donors (Lipinski definition) is 1. The highest BCUT2D eigenvalue weighted by Gasteiger charge is 2.16. The lowest BCUT2D eigenvalue weighted by atomic mass is 10.3. The van der Waals surface area contributed by atoms with Crippen LogP contribution in [-0.4, -0.2) is 16.1 Å². The van der Waals surface area contributed by atoms with E-state index in [1.165, 1.54) is 36.0 Å². The van der Waals surface area contributed by atoms with Crippen molar-refractivity contribution in [2.24, 2.45) is 0 Å². The summed E-state index contributed by atoms with van der Waals surface area (Å²) in [5, 5.41) is 12.6. The Labute approximate surface area is 130 Å². The van der Waals surface area contributed by atoms with E-state index in [0.717, 1.165) is 4.90 Å². The lowest BCUT2D eigenvalue weighted by molar-refractivity contribution is -0.384. The predicted octanol–water partition coefficient (Wildman–Crippen LogP) is 3.85. The number of hydrogen-bond acceptors (Lipinski definition) is 4. The molecule has 5 nitrogen and oxygen atoms in total. The highest BCUT2D eigenvalue weighted by Crippen LogP contribution is 2.26. The molecule has 2 aromatic carbocycles. The fourth-order valence-electron chi connectivity index (χ4n) is 1.70. The molecule has 114 valence electrons. The maximum atomic E-state index is 13.5. The average molecular weight is 320 g/mol. The second kappa shape index (κ2) is 7.04. The van der Waals surface area contributed by atoms with Crippen molar-refractivity contribution in [2.45, 2.75) is 17.1 Å². The number of carbonyl (C=O) groups excluding carboxylic acids is 1. The molecule has 0 saturated carbocycles. The van der Waals surface area contributed by atoms with Crippen LogP contribution < -0.4 is 5.32 Å². The first kappa shape index (κ1) is 16.0. The van der Waals surface area contributed by atoms with Gasteiger partial charge in [-0.3, -0.25) is 14.9 Å². The van der Waals surface area contributed by atoms with Crippen molar-refractivity contribution in [2.75, 3.05) is 5.32 Å². The largest absolute Gasteiger partial charge is 0.323 e. The van der Waals surface area contributed by atoms with Crippen LogP contribution in [0.5, 0.6) is 0 Å². The van der Waals surface area contributed by atoms with E-state index in [9.17, 15) is 19.3 Å². The maximum absolute atomic E-state index is 13.5. The number of para-hydroxylation sites is 1. The Balaban J connectivity index is 1.99. The van der Waals surface area contributed by atoms with E-state index >= 15 is 0 Å². The smallest absolute Gasteiger partial charge is 0.269 e. The topological polar surface area (TPSA) is 72.2 Å². The first-order valence-electron chi connectivity index (χ1n) is 6.44. The Morgan fingerprint density at radius 1 is 1.23 bits per heavy atom. The molecular formula is C15H13FN2O3S. The third-order valence-corrected chi connectivity index (χ3v) is 3.97. The third-order valence-electron chi connectivity index (χ3n) is 2.86. The van der Waals surface area contributed by atoms with Gasteiger partial charge >= 0.3 is 0 Å². The first-order valence-corrected chi connectivity index (χ1v) is 7.32. The van der Waals surface area contributed by atoms with Gasteiger partial charge in [-0.1, -0.05) is 12.1 Å². The van der Waals surface area contributed by atoms with E-state index in [-0.39, 0.29) is 17.3 Å². The number of nitrogens with zero attached hydrogens (tertiary/aromatic N) is 1. The van der Waals surface area contributed by atoms with Crippen LogP contribution in [0, 0.1) is 15.9 Å². The van der Waals surface area contributed by atoms with Gasteiger partial charge in [0.1, 0.15) is 5.82 Å². The quantitative estimate of drug-likeness (QED) is 0.516. The number of anilines is 1. The molecule has 2 aromatic rings. The Bertz CT molecular complexity index is 691. The molecule has 1 N–H and O–H groups in total. The number of nitro benzene ring substituents is 1. The average Bonchev–Trinajstić information content (AvgIpc) is 2.50. The highest BCUT2D eigenvalue weighted by molar-refractivity contribution is 8.00. The summed E-state index contributed by atoms with van der Waals surface area (Å²) >= 11 is 1.24. The van der Waals surface area contributed by atoms with Crippen LogP contribution in [0.1, 0.15) is 6.92 Å². The molecule has 2 rings (SSSR count). The zero-order valence-corrected chi connectivity index (χ0v) is 12.5. The molecule has 0 fully saturated rings. The summed E-state index contributed by atoms with van der Waals surface area (Å²) in [4.78, 5) is 22.9. The van der Waals surface area contributed by atoms with Gasteiger partial charge in [-0.25, -0.2) is 4.39 Å². The number of thioether (sulfide) groups is 1. The van der Waals surface area contributed by atoms with E-state index in [4.69, 9.17) is 0 Å². The van der Waals surface area contributed by atoms with Crippen LogP contribution in [0.25, 0.3) is 0 Å². The fraction of sp³-hybridized carbons (Fsp3) is 0.133. The second-order valence-electron chi connectivity index (χ2n) is 4.48. The maximum Gasteiger partial charge on any atom is 0.269 e. The lowest BCUT2D eigenvalue weighted by Crippen LogP contribution is -2.22. The van der Waals surface area contributed by atoms with E-state index in [1.54, 1.807) is 31.2 Å². The number of benzene rings is 2. The van der Waals surface area contributed by atoms with Gasteiger partial charge in [-0.05, 0) is 31.2 Å². The van der Waals surface area contributed by atoms with Crippen LogP contribution in [-0.2, 0) is 4.79 Å². The zero-order chi connectivity index (χ0) is 16.1. The van der Waals surface area contributed by atoms with Crippen molar-refractivity contribution in [3.63, 3.8) is 0 Å². The van der Waals surface area contributed by atoms with E-state index in [1.807, 2.05) is 0 Å². The number of nitro groups is 1. The van der Waals surface area contributed by atoms with E-state index < -0.39 is 16.0 Å². The summed E-state index contributed by atoms with van der Waals surface area (Å²) in [6.07, 6.45) is 0. The standard InChI is InChI=1S/C15H13FN2O3S/c1-10(15(19)17-14-5-3-2-4-13(14)16)22-12-8-6-11(7-9-12)18(20)21/h2-10H,1H3,(H,17,19). The van der Waals surface area contributed by atoms with Crippen LogP contribution in [0.3, 0.4) is 0 Å². The van der Waals surface area contributed by atoms with Crippen molar-refractivity contribution >= 4 is 29.0 Å². The van der Waals surface area contributed by atoms with Gasteiger partial charge in [-0.15, -0.1) is 11.8 Å². The fourth-order valence-corrected chi connectivity index (χ4v) is 2.57. The SMILES string of the molecule is CC(Sc1ccc([N+](=O)[O-])cc1)C(=O)Nc1ccccc1F. The summed E-state index contributed by atoms with van der Waals surface area (Å²) in [5.74, 6) is -0.836. The number of non-ortho nitro benzene ring substituents is 1. The van der Waals surface area contributed by atoms with Crippen molar-refractivity contribution in [3.8, 4) is 0 Å². The molecule has 7 heteroatoms. The molecule has 0 radical (unpaired) electrons. The van der Waals surface area contributed by atoms with Crippen LogP contribution in [0.15, 0.2) is 53.4 Å². The minimum Gasteiger partial charge on any atom is -0.323 e. The number of nitrogens with one attached hydrogen (secondary N) is 1. The minimum atomic E-state index is -0.497. The molecule has 1 unspecified atom stereocenters. The number of rotatable bonds is 5. The molecule has 0 bridgehead atoms. The van der Waals surface area contributed by atoms with Crippen LogP contribution >= 0.6 is 11.8 Å². The normalized spacial score (nSPS) is 11.7. The molecular weight excluding hydrogens is 307 g/mol. The van der Waals surface area contributed by atoms with Crippen molar-refractivity contribution in [1.29, 1.82) is 0 Å². The number of halogens is 1. The molecule has 1 atom stereocenters. The molecule has 22 heavy (non-hydrogen) atoms. The molecule has 1 amide bonds. The first-order chi connectivity index (χ1) is 10.5. The minimum absolute atomic E-state index is 0.00666. The van der Waals surface area contributed by atoms with E-state index in [0.29, 0.717) is 0 Å². The van der Waals surface area contributed by atoms with Gasteiger partial charge < -0.3 is 5.32 Å². The highest BCUT2D eigenvalue weighted by atomic mass is 32.2. The Kier molecular flexibility index (Phi) is 5.11. The number of amides is 1. The summed E-state index contributed by atoms with van der Waals surface area (Å²) < 4.78 is 13.5. The van der Waals surface area contributed by atoms with Gasteiger partial charge in [-0.2, -0.15) is 0 Å². The monoisotopic (exact) mass is 320 g/mol. The third kappa shape index (κ3) is 4.05. The van der Waals surface area contributed by atoms with Gasteiger partial charge in [0, 0.05) is 17.0 Å². The number of carbonyl (C=O) groups is 1. The van der Waals surface area contributed by atoms with Gasteiger partial charge in [0.25, 0.3) is 5.69 Å². The Morgan fingerprint density at radius 3 is 2.45 bits per heavy atom. The zero-order valence-electron chi connectivity index (χ0n) is 11.7. The summed E-state index contributed by atoms with van der Waals surface area (Å²) in [7, 11) is 0. The summed E-state index contributed by atoms with van der Waals surface area (Å²) in [6.45, 7) is 1.68. The van der Waals surface area contributed by atoms with Crippen molar-refractivity contribution in [3.05, 3.63) is 64.5 Å². The van der Waals surface area contributed by atoms with Gasteiger partial charge in [0.15, 0.2) is 0 Å². The Hall–Kier alpha value is -2.41. The summed E-state index contributed by atoms with van der Waals surface area (Å²) in [5.41, 5.74) is 0.122. The molecule has 0 aliphatic rings. The van der Waals surface area contributed by atoms with Crippen molar-refractivity contribution in [1.82, 2.24) is 0 Å². The predicted molar refractivity (Wildman–Crippen MR) is 83.4 cm³/mol. The molecule has 0 aliphatic heterocycles. The van der Waals surface area contributed by atoms with Crippen LogP contribution in [0.2, 0.25) is 0 Å². The van der Waals surface area contributed by atoms with Gasteiger partial charge in [0.05, 0.1) is 15.9 Å². The van der Waals surface area contributed by atoms with Crippen LogP contribution in [0.4, 0.5) is 15.8 Å². The lowest BCUT2D eigenvalue weighted by Gasteiger charge is -2.12. The molecule has 0 aromatic heterocycles. The van der Waals surface area contributed by atoms with Gasteiger partial charge in [0.2, 0.25) is 5.91 Å². The molecule has 0 heterocycles. The van der Waals surface area contributed by atoms with Crippen molar-refractivity contribution < 1.29 is 14.1 Å². The summed E-state index contributed by atoms with van der Waals surface area (Å²) in [6, 6.07) is 11.8. The second-order valence-corrected chi connectivity index (χ2v) is 5.89. The molecule has 0 aliphatic carbocycles. The Morgan fingerprint density at radius 2 is 1.86 bits per heavy atom. The molecule has 0 spiro atoms. The van der Waals surface area contributed by atoms with E-state index in [2.05, 4.69) is 5.32 Å².